The van der Waals surface area contributed by atoms with Crippen LogP contribution in [-0.4, -0.2) is 19.7 Å². The fourth-order valence-corrected chi connectivity index (χ4v) is 2.41. The maximum Gasteiger partial charge on any atom is 0.160 e. The zero-order valence-corrected chi connectivity index (χ0v) is 12.2. The van der Waals surface area contributed by atoms with E-state index in [0.717, 1.165) is 17.0 Å². The quantitative estimate of drug-likeness (QED) is 0.778. The second-order valence-electron chi connectivity index (χ2n) is 4.84. The molecule has 0 spiro atoms. The molecule has 1 unspecified atom stereocenters. The summed E-state index contributed by atoms with van der Waals surface area (Å²) >= 11 is 5.90. The smallest absolute Gasteiger partial charge is 0.160 e. The molecule has 0 amide bonds. The number of phenols is 1. The lowest BCUT2D eigenvalue weighted by Gasteiger charge is -2.13. The molecule has 0 aliphatic carbocycles. The summed E-state index contributed by atoms with van der Waals surface area (Å²) in [5.74, 6) is 0.942. The Bertz CT molecular complexity index is 771. The molecule has 0 saturated carbocycles. The molecule has 2 aromatic heterocycles. The lowest BCUT2D eigenvalue weighted by molar-refractivity contribution is 0.458. The Morgan fingerprint density at radius 1 is 1.24 bits per heavy atom. The first-order valence-electron chi connectivity index (χ1n) is 6.66. The fourth-order valence-electron chi connectivity index (χ4n) is 2.21. The van der Waals surface area contributed by atoms with Gasteiger partial charge in [0.05, 0.1) is 11.1 Å². The molecule has 21 heavy (non-hydrogen) atoms. The summed E-state index contributed by atoms with van der Waals surface area (Å²) in [5, 5.41) is 21.9. The van der Waals surface area contributed by atoms with Crippen molar-refractivity contribution in [3.63, 3.8) is 0 Å². The first-order chi connectivity index (χ1) is 10.2. The number of hydrogen-bond acceptors (Lipinski definition) is 4. The van der Waals surface area contributed by atoms with E-state index in [9.17, 15) is 5.11 Å². The van der Waals surface area contributed by atoms with Crippen molar-refractivity contribution >= 4 is 17.2 Å². The lowest BCUT2D eigenvalue weighted by atomic mass is 10.2. The number of nitrogens with one attached hydrogen (secondary N) is 1. The Hall–Kier alpha value is -2.11. The molecule has 0 bridgehead atoms. The van der Waals surface area contributed by atoms with Crippen LogP contribution in [0, 0.1) is 0 Å². The minimum Gasteiger partial charge on any atom is -0.506 e. The van der Waals surface area contributed by atoms with Crippen molar-refractivity contribution in [3.8, 4) is 5.75 Å². The number of rotatable bonds is 4. The van der Waals surface area contributed by atoms with E-state index in [1.165, 1.54) is 0 Å². The third-order valence-corrected chi connectivity index (χ3v) is 3.70. The summed E-state index contributed by atoms with van der Waals surface area (Å²) in [7, 11) is 0. The Balaban J connectivity index is 1.77. The number of halogens is 1. The molecule has 0 aliphatic rings. The minimum absolute atomic E-state index is 0.0132. The predicted molar refractivity (Wildman–Crippen MR) is 81.4 cm³/mol. The van der Waals surface area contributed by atoms with Gasteiger partial charge in [-0.1, -0.05) is 29.8 Å². The van der Waals surface area contributed by atoms with Crippen LogP contribution < -0.4 is 5.32 Å². The zero-order chi connectivity index (χ0) is 14.8. The number of hydrogen-bond donors (Lipinski definition) is 2. The normalized spacial score (nSPS) is 12.7. The molecule has 108 valence electrons. The molecule has 3 rings (SSSR count). The number of nitrogens with zero attached hydrogens (tertiary/aromatic N) is 3. The topological polar surface area (TPSA) is 62.5 Å². The average Bonchev–Trinajstić information content (AvgIpc) is 2.92. The number of para-hydroxylation sites is 1. The monoisotopic (exact) mass is 302 g/mol. The number of fused-ring (bicyclic) bond motifs is 1. The highest BCUT2D eigenvalue weighted by Crippen LogP contribution is 2.27. The second kappa shape index (κ2) is 5.71. The van der Waals surface area contributed by atoms with Gasteiger partial charge in [-0.05, 0) is 25.1 Å². The van der Waals surface area contributed by atoms with E-state index in [4.69, 9.17) is 11.6 Å². The Morgan fingerprint density at radius 2 is 2.10 bits per heavy atom. The second-order valence-corrected chi connectivity index (χ2v) is 5.24. The van der Waals surface area contributed by atoms with Crippen LogP contribution in [0.1, 0.15) is 24.4 Å². The average molecular weight is 303 g/mol. The molecular formula is C15H15ClN4O. The number of aromatic nitrogens is 3. The van der Waals surface area contributed by atoms with E-state index in [-0.39, 0.29) is 11.8 Å². The Kier molecular flexibility index (Phi) is 3.77. The van der Waals surface area contributed by atoms with Gasteiger partial charge in [-0.25, -0.2) is 0 Å². The van der Waals surface area contributed by atoms with Crippen LogP contribution in [-0.2, 0) is 6.54 Å². The molecule has 0 fully saturated rings. The van der Waals surface area contributed by atoms with E-state index in [1.807, 2.05) is 47.9 Å². The molecular weight excluding hydrogens is 288 g/mol. The van der Waals surface area contributed by atoms with Gasteiger partial charge in [-0.3, -0.25) is 4.40 Å². The van der Waals surface area contributed by atoms with Gasteiger partial charge in [0, 0.05) is 18.3 Å². The maximum atomic E-state index is 9.91. The first kappa shape index (κ1) is 13.9. The molecule has 0 aliphatic heterocycles. The van der Waals surface area contributed by atoms with E-state index in [1.54, 1.807) is 6.07 Å². The van der Waals surface area contributed by atoms with Gasteiger partial charge in [0.15, 0.2) is 11.5 Å². The molecule has 6 heteroatoms. The van der Waals surface area contributed by atoms with Crippen molar-refractivity contribution in [2.24, 2.45) is 0 Å². The van der Waals surface area contributed by atoms with Crippen LogP contribution in [0.25, 0.3) is 5.65 Å². The van der Waals surface area contributed by atoms with Gasteiger partial charge >= 0.3 is 0 Å². The molecule has 0 saturated heterocycles. The number of aromatic hydroxyl groups is 1. The summed E-state index contributed by atoms with van der Waals surface area (Å²) < 4.78 is 1.94. The highest BCUT2D eigenvalue weighted by atomic mass is 35.5. The van der Waals surface area contributed by atoms with Crippen molar-refractivity contribution in [1.82, 2.24) is 19.9 Å². The van der Waals surface area contributed by atoms with Crippen molar-refractivity contribution in [3.05, 3.63) is 59.0 Å². The Labute approximate surface area is 127 Å². The van der Waals surface area contributed by atoms with Gasteiger partial charge in [0.2, 0.25) is 0 Å². The van der Waals surface area contributed by atoms with Crippen molar-refractivity contribution in [2.75, 3.05) is 0 Å². The fraction of sp³-hybridized carbons (Fsp3) is 0.200. The van der Waals surface area contributed by atoms with Crippen LogP contribution in [0.4, 0.5) is 0 Å². The number of pyridine rings is 1. The summed E-state index contributed by atoms with van der Waals surface area (Å²) in [6.07, 6.45) is 1.93. The minimum atomic E-state index is -0.0132. The molecule has 0 radical (unpaired) electrons. The van der Waals surface area contributed by atoms with E-state index in [0.29, 0.717) is 11.6 Å². The molecule has 2 heterocycles. The zero-order valence-electron chi connectivity index (χ0n) is 11.5. The summed E-state index contributed by atoms with van der Waals surface area (Å²) in [6, 6.07) is 11.1. The van der Waals surface area contributed by atoms with Crippen molar-refractivity contribution < 1.29 is 5.11 Å². The summed E-state index contributed by atoms with van der Waals surface area (Å²) in [4.78, 5) is 0. The molecule has 1 aromatic carbocycles. The SMILES string of the molecule is CC(NCc1cccc(Cl)c1O)c1nnc2ccccn12. The maximum absolute atomic E-state index is 9.91. The van der Waals surface area contributed by atoms with Gasteiger partial charge in [0.25, 0.3) is 0 Å². The van der Waals surface area contributed by atoms with E-state index >= 15 is 0 Å². The summed E-state index contributed by atoms with van der Waals surface area (Å²) in [5.41, 5.74) is 1.56. The molecule has 3 aromatic rings. The van der Waals surface area contributed by atoms with Crippen molar-refractivity contribution in [2.45, 2.75) is 19.5 Å². The standard InChI is InChI=1S/C15H15ClN4O/c1-10(15-19-18-13-7-2-3-8-20(13)15)17-9-11-5-4-6-12(16)14(11)21/h2-8,10,17,21H,9H2,1H3. The van der Waals surface area contributed by atoms with E-state index in [2.05, 4.69) is 15.5 Å². The summed E-state index contributed by atoms with van der Waals surface area (Å²) in [6.45, 7) is 2.50. The van der Waals surface area contributed by atoms with Crippen LogP contribution in [0.2, 0.25) is 5.02 Å². The largest absolute Gasteiger partial charge is 0.506 e. The lowest BCUT2D eigenvalue weighted by Crippen LogP contribution is -2.20. The van der Waals surface area contributed by atoms with Gasteiger partial charge in [-0.15, -0.1) is 10.2 Å². The van der Waals surface area contributed by atoms with E-state index < -0.39 is 0 Å². The molecule has 2 N–H and O–H groups in total. The first-order valence-corrected chi connectivity index (χ1v) is 7.04. The number of benzene rings is 1. The number of phenolic OH excluding ortho intramolecular Hbond substituents is 1. The van der Waals surface area contributed by atoms with Crippen molar-refractivity contribution in [1.29, 1.82) is 0 Å². The van der Waals surface area contributed by atoms with Gasteiger partial charge in [0.1, 0.15) is 5.75 Å². The third-order valence-electron chi connectivity index (χ3n) is 3.40. The van der Waals surface area contributed by atoms with Crippen LogP contribution in [0.5, 0.6) is 5.75 Å². The van der Waals surface area contributed by atoms with Gasteiger partial charge in [-0.2, -0.15) is 0 Å². The third kappa shape index (κ3) is 2.70. The van der Waals surface area contributed by atoms with Crippen LogP contribution in [0.3, 0.4) is 0 Å². The van der Waals surface area contributed by atoms with Crippen LogP contribution in [0.15, 0.2) is 42.6 Å². The predicted octanol–water partition coefficient (Wildman–Crippen LogP) is 2.94. The Morgan fingerprint density at radius 3 is 2.95 bits per heavy atom. The van der Waals surface area contributed by atoms with Crippen LogP contribution >= 0.6 is 11.6 Å². The molecule has 5 nitrogen and oxygen atoms in total. The molecule has 1 atom stereocenters. The highest BCUT2D eigenvalue weighted by Gasteiger charge is 2.13. The highest BCUT2D eigenvalue weighted by molar-refractivity contribution is 6.32. The van der Waals surface area contributed by atoms with Gasteiger partial charge < -0.3 is 10.4 Å².